The van der Waals surface area contributed by atoms with Gasteiger partial charge in [0.1, 0.15) is 12.1 Å². The Morgan fingerprint density at radius 2 is 1.54 bits per heavy atom. The number of esters is 3. The van der Waals surface area contributed by atoms with E-state index < -0.39 is 54.5 Å². The minimum atomic E-state index is -1.27. The maximum Gasteiger partial charge on any atom is 0.305 e. The van der Waals surface area contributed by atoms with Crippen LogP contribution in [0.3, 0.4) is 0 Å². The van der Waals surface area contributed by atoms with Crippen LogP contribution in [0.1, 0.15) is 34.1 Å². The molecule has 1 amide bonds. The third-order valence-electron chi connectivity index (χ3n) is 3.65. The van der Waals surface area contributed by atoms with Gasteiger partial charge in [-0.25, -0.2) is 0 Å². The fourth-order valence-corrected chi connectivity index (χ4v) is 2.72. The van der Waals surface area contributed by atoms with Crippen LogP contribution in [0.2, 0.25) is 0 Å². The number of ether oxygens (including phenoxy) is 5. The Bertz CT molecular complexity index is 592. The summed E-state index contributed by atoms with van der Waals surface area (Å²) in [7, 11) is 0. The number of nitrogens with one attached hydrogen (secondary N) is 1. The van der Waals surface area contributed by atoms with Crippen molar-refractivity contribution < 1.29 is 42.9 Å². The molecule has 1 aliphatic rings. The lowest BCUT2D eigenvalue weighted by Crippen LogP contribution is -2.66. The van der Waals surface area contributed by atoms with Crippen LogP contribution in [0.4, 0.5) is 0 Å². The monoisotopic (exact) mass is 401 g/mol. The molecule has 5 atom stereocenters. The van der Waals surface area contributed by atoms with E-state index in [-0.39, 0.29) is 6.61 Å². The van der Waals surface area contributed by atoms with Crippen molar-refractivity contribution in [1.29, 1.82) is 0 Å². The predicted molar refractivity (Wildman–Crippen MR) is 94.8 cm³/mol. The summed E-state index contributed by atoms with van der Waals surface area (Å²) < 4.78 is 27.0. The number of hydrogen-bond acceptors (Lipinski definition) is 9. The van der Waals surface area contributed by atoms with Crippen molar-refractivity contribution in [2.75, 3.05) is 13.2 Å². The van der Waals surface area contributed by atoms with Crippen LogP contribution in [0, 0.1) is 0 Å². The summed E-state index contributed by atoms with van der Waals surface area (Å²) in [6, 6.07) is -1.08. The largest absolute Gasteiger partial charge is 0.456 e. The second kappa shape index (κ2) is 11.4. The SMILES string of the molecule is C=CCCOCC1OC(OC(C)=O)C(NC(C)=O)C(OC(C)=O)C1OC(C)=O. The van der Waals surface area contributed by atoms with Gasteiger partial charge in [0.15, 0.2) is 12.2 Å². The van der Waals surface area contributed by atoms with Crippen molar-refractivity contribution >= 4 is 23.8 Å². The molecule has 1 rings (SSSR count). The molecule has 0 aromatic heterocycles. The van der Waals surface area contributed by atoms with E-state index in [1.165, 1.54) is 27.7 Å². The van der Waals surface area contributed by atoms with E-state index in [2.05, 4.69) is 11.9 Å². The molecule has 0 saturated carbocycles. The zero-order valence-corrected chi connectivity index (χ0v) is 16.5. The Kier molecular flexibility index (Phi) is 9.60. The summed E-state index contributed by atoms with van der Waals surface area (Å²) in [4.78, 5) is 46.4. The molecule has 1 N–H and O–H groups in total. The van der Waals surface area contributed by atoms with Gasteiger partial charge in [-0.15, -0.1) is 6.58 Å². The fraction of sp³-hybridized carbons (Fsp3) is 0.667. The number of carbonyl (C=O) groups is 4. The third-order valence-corrected chi connectivity index (χ3v) is 3.65. The molecule has 0 bridgehead atoms. The highest BCUT2D eigenvalue weighted by molar-refractivity contribution is 5.74. The van der Waals surface area contributed by atoms with E-state index in [0.29, 0.717) is 13.0 Å². The Labute approximate surface area is 163 Å². The predicted octanol–water partition coefficient (Wildman–Crippen LogP) is 0.235. The van der Waals surface area contributed by atoms with Gasteiger partial charge >= 0.3 is 17.9 Å². The van der Waals surface area contributed by atoms with Crippen molar-refractivity contribution in [1.82, 2.24) is 5.32 Å². The van der Waals surface area contributed by atoms with Gasteiger partial charge in [0.2, 0.25) is 12.2 Å². The topological polar surface area (TPSA) is 126 Å². The minimum absolute atomic E-state index is 0.0336. The minimum Gasteiger partial charge on any atom is -0.456 e. The quantitative estimate of drug-likeness (QED) is 0.250. The standard InChI is InChI=1S/C18H27NO9/c1-6-7-8-24-9-14-16(25-11(3)21)17(26-12(4)22)15(19-10(2)20)18(28-14)27-13(5)23/h6,14-18H,1,7-9H2,2-5H3,(H,19,20). The van der Waals surface area contributed by atoms with Crippen LogP contribution < -0.4 is 5.32 Å². The van der Waals surface area contributed by atoms with Gasteiger partial charge in [-0.05, 0) is 6.42 Å². The van der Waals surface area contributed by atoms with Gasteiger partial charge in [0.05, 0.1) is 13.2 Å². The van der Waals surface area contributed by atoms with E-state index in [1.807, 2.05) is 0 Å². The molecular formula is C18H27NO9. The van der Waals surface area contributed by atoms with Gasteiger partial charge < -0.3 is 29.0 Å². The molecule has 0 radical (unpaired) electrons. The molecule has 10 nitrogen and oxygen atoms in total. The summed E-state index contributed by atoms with van der Waals surface area (Å²) in [5.41, 5.74) is 0. The zero-order valence-electron chi connectivity index (χ0n) is 16.5. The molecule has 28 heavy (non-hydrogen) atoms. The van der Waals surface area contributed by atoms with Gasteiger partial charge in [-0.3, -0.25) is 19.2 Å². The van der Waals surface area contributed by atoms with E-state index in [9.17, 15) is 19.2 Å². The molecule has 1 saturated heterocycles. The molecule has 0 aliphatic carbocycles. The Balaban J connectivity index is 3.20. The first kappa shape index (κ1) is 23.6. The van der Waals surface area contributed by atoms with Crippen molar-refractivity contribution in [2.24, 2.45) is 0 Å². The van der Waals surface area contributed by atoms with Crippen molar-refractivity contribution in [3.05, 3.63) is 12.7 Å². The third kappa shape index (κ3) is 7.65. The summed E-state index contributed by atoms with van der Waals surface area (Å²) >= 11 is 0. The molecular weight excluding hydrogens is 374 g/mol. The van der Waals surface area contributed by atoms with Crippen LogP contribution in [-0.4, -0.2) is 67.7 Å². The summed E-state index contributed by atoms with van der Waals surface area (Å²) in [5, 5.41) is 2.53. The van der Waals surface area contributed by atoms with Crippen molar-refractivity contribution in [3.63, 3.8) is 0 Å². The van der Waals surface area contributed by atoms with E-state index in [4.69, 9.17) is 23.7 Å². The summed E-state index contributed by atoms with van der Waals surface area (Å²) in [6.07, 6.45) is -2.18. The molecule has 0 aromatic carbocycles. The molecule has 10 heteroatoms. The van der Waals surface area contributed by atoms with Gasteiger partial charge in [-0.1, -0.05) is 6.08 Å². The maximum atomic E-state index is 11.6. The normalized spacial score (nSPS) is 26.6. The molecule has 0 aromatic rings. The Morgan fingerprint density at radius 3 is 2.04 bits per heavy atom. The molecule has 1 heterocycles. The Hall–Kier alpha value is -2.46. The highest BCUT2D eigenvalue weighted by Crippen LogP contribution is 2.28. The highest BCUT2D eigenvalue weighted by atomic mass is 16.7. The second-order valence-corrected chi connectivity index (χ2v) is 6.18. The highest BCUT2D eigenvalue weighted by Gasteiger charge is 2.51. The first-order chi connectivity index (χ1) is 13.1. The van der Waals surface area contributed by atoms with Crippen LogP contribution in [0.15, 0.2) is 12.7 Å². The number of rotatable bonds is 9. The number of amides is 1. The van der Waals surface area contributed by atoms with Gasteiger partial charge in [0, 0.05) is 27.7 Å². The lowest BCUT2D eigenvalue weighted by molar-refractivity contribution is -0.271. The smallest absolute Gasteiger partial charge is 0.305 e. The molecule has 1 fully saturated rings. The van der Waals surface area contributed by atoms with Gasteiger partial charge in [-0.2, -0.15) is 0 Å². The molecule has 0 spiro atoms. The van der Waals surface area contributed by atoms with Crippen LogP contribution in [0.25, 0.3) is 0 Å². The fourth-order valence-electron chi connectivity index (χ4n) is 2.72. The van der Waals surface area contributed by atoms with Gasteiger partial charge in [0.25, 0.3) is 0 Å². The second-order valence-electron chi connectivity index (χ2n) is 6.18. The molecule has 5 unspecified atom stereocenters. The van der Waals surface area contributed by atoms with Crippen molar-refractivity contribution in [3.8, 4) is 0 Å². The summed E-state index contributed by atoms with van der Waals surface area (Å²) in [5.74, 6) is -2.47. The number of hydrogen-bond donors (Lipinski definition) is 1. The Morgan fingerprint density at radius 1 is 0.964 bits per heavy atom. The van der Waals surface area contributed by atoms with E-state index >= 15 is 0 Å². The average Bonchev–Trinajstić information content (AvgIpc) is 2.56. The molecule has 158 valence electrons. The van der Waals surface area contributed by atoms with E-state index in [0.717, 1.165) is 0 Å². The van der Waals surface area contributed by atoms with Crippen LogP contribution >= 0.6 is 0 Å². The van der Waals surface area contributed by atoms with E-state index in [1.54, 1.807) is 6.08 Å². The maximum absolute atomic E-state index is 11.6. The van der Waals surface area contributed by atoms with Crippen LogP contribution in [-0.2, 0) is 42.9 Å². The number of carbonyl (C=O) groups excluding carboxylic acids is 4. The first-order valence-electron chi connectivity index (χ1n) is 8.78. The zero-order chi connectivity index (χ0) is 21.3. The van der Waals surface area contributed by atoms with Crippen LogP contribution in [0.5, 0.6) is 0 Å². The summed E-state index contributed by atoms with van der Waals surface area (Å²) in [6.45, 7) is 8.65. The lowest BCUT2D eigenvalue weighted by Gasteiger charge is -2.44. The molecule has 1 aliphatic heterocycles. The average molecular weight is 401 g/mol. The van der Waals surface area contributed by atoms with Crippen molar-refractivity contribution in [2.45, 2.75) is 64.8 Å². The lowest BCUT2D eigenvalue weighted by atomic mass is 9.96. The first-order valence-corrected chi connectivity index (χ1v) is 8.78.